The highest BCUT2D eigenvalue weighted by Crippen LogP contribution is 2.33. The van der Waals surface area contributed by atoms with Crippen molar-refractivity contribution >= 4 is 11.3 Å². The second kappa shape index (κ2) is 5.46. The molecule has 0 amide bonds. The zero-order valence-electron chi connectivity index (χ0n) is 10.8. The van der Waals surface area contributed by atoms with Gasteiger partial charge < -0.3 is 5.11 Å². The zero-order valence-corrected chi connectivity index (χ0v) is 11.6. The molecule has 1 N–H and O–H groups in total. The highest BCUT2D eigenvalue weighted by molar-refractivity contribution is 7.09. The van der Waals surface area contributed by atoms with Gasteiger partial charge in [-0.15, -0.1) is 11.3 Å². The van der Waals surface area contributed by atoms with Gasteiger partial charge in [-0.3, -0.25) is 4.90 Å². The second-order valence-electron chi connectivity index (χ2n) is 5.21. The number of likely N-dealkylation sites (tertiary alicyclic amines) is 1. The summed E-state index contributed by atoms with van der Waals surface area (Å²) >= 11 is 1.74. The van der Waals surface area contributed by atoms with Gasteiger partial charge in [0.1, 0.15) is 5.01 Å². The molecule has 0 bridgehead atoms. The molecule has 2 heterocycles. The van der Waals surface area contributed by atoms with Crippen molar-refractivity contribution in [2.45, 2.75) is 39.7 Å². The Hall–Kier alpha value is -0.450. The molecule has 1 saturated heterocycles. The molecular formula is C13H22N2OS. The molecule has 0 aliphatic carbocycles. The van der Waals surface area contributed by atoms with Gasteiger partial charge in [-0.1, -0.05) is 6.92 Å². The Labute approximate surface area is 107 Å². The van der Waals surface area contributed by atoms with Crippen molar-refractivity contribution in [3.05, 3.63) is 16.1 Å². The van der Waals surface area contributed by atoms with Gasteiger partial charge in [-0.2, -0.15) is 0 Å². The quantitative estimate of drug-likeness (QED) is 0.896. The molecule has 17 heavy (non-hydrogen) atoms. The van der Waals surface area contributed by atoms with Crippen LogP contribution in [0.1, 0.15) is 36.9 Å². The monoisotopic (exact) mass is 254 g/mol. The molecule has 1 aliphatic heterocycles. The summed E-state index contributed by atoms with van der Waals surface area (Å²) in [6.07, 6.45) is 3.42. The number of hydrogen-bond donors (Lipinski definition) is 1. The Kier molecular flexibility index (Phi) is 4.17. The highest BCUT2D eigenvalue weighted by atomic mass is 32.1. The molecule has 4 heteroatoms. The van der Waals surface area contributed by atoms with E-state index in [4.69, 9.17) is 0 Å². The van der Waals surface area contributed by atoms with E-state index >= 15 is 0 Å². The summed E-state index contributed by atoms with van der Waals surface area (Å²) in [6, 6.07) is 0. The highest BCUT2D eigenvalue weighted by Gasteiger charge is 2.33. The van der Waals surface area contributed by atoms with Crippen LogP contribution in [0.2, 0.25) is 0 Å². The minimum atomic E-state index is 0.130. The fraction of sp³-hybridized carbons (Fsp3) is 0.769. The summed E-state index contributed by atoms with van der Waals surface area (Å²) in [5.41, 5.74) is 1.25. The third kappa shape index (κ3) is 3.06. The van der Waals surface area contributed by atoms with Crippen LogP contribution in [0.15, 0.2) is 5.38 Å². The topological polar surface area (TPSA) is 36.4 Å². The van der Waals surface area contributed by atoms with Crippen LogP contribution in [-0.2, 0) is 6.54 Å². The molecular weight excluding hydrogens is 232 g/mol. The van der Waals surface area contributed by atoms with Gasteiger partial charge in [0.25, 0.3) is 0 Å². The number of aromatic nitrogens is 1. The molecule has 0 spiro atoms. The van der Waals surface area contributed by atoms with Gasteiger partial charge in [-0.05, 0) is 32.7 Å². The number of nitrogens with zero attached hydrogens (tertiary/aromatic N) is 2. The first-order valence-electron chi connectivity index (χ1n) is 6.42. The van der Waals surface area contributed by atoms with Crippen LogP contribution in [0.3, 0.4) is 0 Å². The zero-order chi connectivity index (χ0) is 12.3. The van der Waals surface area contributed by atoms with Crippen molar-refractivity contribution < 1.29 is 5.11 Å². The maximum absolute atomic E-state index is 9.59. The van der Waals surface area contributed by atoms with Crippen molar-refractivity contribution in [2.24, 2.45) is 5.41 Å². The van der Waals surface area contributed by atoms with E-state index in [0.717, 1.165) is 38.2 Å². The Morgan fingerprint density at radius 3 is 3.00 bits per heavy atom. The maximum atomic E-state index is 9.59. The number of piperidine rings is 1. The molecule has 0 radical (unpaired) electrons. The minimum absolute atomic E-state index is 0.130. The van der Waals surface area contributed by atoms with Crippen LogP contribution in [-0.4, -0.2) is 34.7 Å². The molecule has 1 aliphatic rings. The van der Waals surface area contributed by atoms with E-state index in [2.05, 4.69) is 22.2 Å². The van der Waals surface area contributed by atoms with E-state index in [0.29, 0.717) is 6.61 Å². The molecule has 0 saturated carbocycles. The van der Waals surface area contributed by atoms with E-state index in [1.54, 1.807) is 11.3 Å². The Morgan fingerprint density at radius 2 is 2.41 bits per heavy atom. The van der Waals surface area contributed by atoms with Crippen molar-refractivity contribution in [3.8, 4) is 0 Å². The summed E-state index contributed by atoms with van der Waals surface area (Å²) in [4.78, 5) is 6.96. The predicted molar refractivity (Wildman–Crippen MR) is 71.2 cm³/mol. The lowest BCUT2D eigenvalue weighted by atomic mass is 9.78. The summed E-state index contributed by atoms with van der Waals surface area (Å²) in [7, 11) is 0. The molecule has 1 aromatic rings. The fourth-order valence-corrected chi connectivity index (χ4v) is 3.45. The summed E-state index contributed by atoms with van der Waals surface area (Å²) < 4.78 is 0. The second-order valence-corrected chi connectivity index (χ2v) is 6.15. The predicted octanol–water partition coefficient (Wildman–Crippen LogP) is 2.44. The largest absolute Gasteiger partial charge is 0.396 e. The number of aryl methyl sites for hydroxylation is 1. The van der Waals surface area contributed by atoms with Gasteiger partial charge >= 0.3 is 0 Å². The molecule has 0 unspecified atom stereocenters. The van der Waals surface area contributed by atoms with Crippen molar-refractivity contribution in [1.29, 1.82) is 0 Å². The maximum Gasteiger partial charge on any atom is 0.107 e. The van der Waals surface area contributed by atoms with E-state index < -0.39 is 0 Å². The average molecular weight is 254 g/mol. The first-order chi connectivity index (χ1) is 8.17. The Balaban J connectivity index is 1.98. The molecule has 1 atom stereocenters. The molecule has 96 valence electrons. The number of thiazole rings is 1. The lowest BCUT2D eigenvalue weighted by Crippen LogP contribution is -2.44. The molecule has 0 aromatic carbocycles. The molecule has 3 nitrogen and oxygen atoms in total. The normalized spacial score (nSPS) is 26.3. The van der Waals surface area contributed by atoms with Gasteiger partial charge in [-0.25, -0.2) is 4.98 Å². The van der Waals surface area contributed by atoms with Crippen LogP contribution in [0, 0.1) is 12.3 Å². The Bertz CT molecular complexity index is 360. The van der Waals surface area contributed by atoms with Gasteiger partial charge in [0, 0.05) is 29.6 Å². The lowest BCUT2D eigenvalue weighted by Gasteiger charge is -2.41. The number of aliphatic hydroxyl groups excluding tert-OH is 1. The molecule has 1 fully saturated rings. The minimum Gasteiger partial charge on any atom is -0.396 e. The van der Waals surface area contributed by atoms with Gasteiger partial charge in [0.2, 0.25) is 0 Å². The molecule has 2 rings (SSSR count). The van der Waals surface area contributed by atoms with Crippen molar-refractivity contribution in [2.75, 3.05) is 19.7 Å². The lowest BCUT2D eigenvalue weighted by molar-refractivity contribution is 0.0258. The number of rotatable bonds is 4. The van der Waals surface area contributed by atoms with E-state index in [1.165, 1.54) is 11.4 Å². The third-order valence-electron chi connectivity index (χ3n) is 3.85. The first-order valence-corrected chi connectivity index (χ1v) is 7.30. The van der Waals surface area contributed by atoms with Gasteiger partial charge in [0.15, 0.2) is 0 Å². The van der Waals surface area contributed by atoms with Crippen LogP contribution in [0.25, 0.3) is 0 Å². The molecule has 1 aromatic heterocycles. The van der Waals surface area contributed by atoms with E-state index in [9.17, 15) is 5.11 Å². The van der Waals surface area contributed by atoms with E-state index in [-0.39, 0.29) is 5.41 Å². The van der Waals surface area contributed by atoms with Gasteiger partial charge in [0.05, 0.1) is 6.54 Å². The summed E-state index contributed by atoms with van der Waals surface area (Å²) in [5.74, 6) is 0. The summed E-state index contributed by atoms with van der Waals surface area (Å²) in [5, 5.41) is 12.9. The standard InChI is InChI=1S/C13H22N2OS/c1-3-13(10-16)5-4-6-15(9-13)7-12-14-11(2)8-17-12/h8,16H,3-7,9-10H2,1-2H3/t13-/m1/s1. The first kappa shape index (κ1) is 13.0. The number of aliphatic hydroxyl groups is 1. The summed E-state index contributed by atoms with van der Waals surface area (Å²) in [6.45, 7) is 7.64. The smallest absolute Gasteiger partial charge is 0.107 e. The SMILES string of the molecule is CC[C@@]1(CO)CCCN(Cc2nc(C)cs2)C1. The van der Waals surface area contributed by atoms with Crippen LogP contribution in [0.4, 0.5) is 0 Å². The van der Waals surface area contributed by atoms with Crippen LogP contribution < -0.4 is 0 Å². The van der Waals surface area contributed by atoms with Crippen LogP contribution in [0.5, 0.6) is 0 Å². The Morgan fingerprint density at radius 1 is 1.59 bits per heavy atom. The fourth-order valence-electron chi connectivity index (χ4n) is 2.64. The van der Waals surface area contributed by atoms with Crippen molar-refractivity contribution in [3.63, 3.8) is 0 Å². The van der Waals surface area contributed by atoms with Crippen molar-refractivity contribution in [1.82, 2.24) is 9.88 Å². The number of hydrogen-bond acceptors (Lipinski definition) is 4. The van der Waals surface area contributed by atoms with E-state index in [1.807, 2.05) is 6.92 Å². The van der Waals surface area contributed by atoms with Crippen LogP contribution >= 0.6 is 11.3 Å². The average Bonchev–Trinajstić information content (AvgIpc) is 2.75. The third-order valence-corrected chi connectivity index (χ3v) is 4.80.